The quantitative estimate of drug-likeness (QED) is 0.170. The van der Waals surface area contributed by atoms with Gasteiger partial charge in [-0.2, -0.15) is 0 Å². The van der Waals surface area contributed by atoms with Crippen molar-refractivity contribution in [2.24, 2.45) is 0 Å². The van der Waals surface area contributed by atoms with E-state index in [1.165, 1.54) is 25.7 Å². The van der Waals surface area contributed by atoms with E-state index in [4.69, 9.17) is 14.2 Å². The van der Waals surface area contributed by atoms with Gasteiger partial charge >= 0.3 is 0 Å². The molecule has 2 unspecified atom stereocenters. The molecule has 0 aliphatic heterocycles. The number of para-hydroxylation sites is 1. The molecular formula is C32H44O5. The molecule has 0 aliphatic rings. The van der Waals surface area contributed by atoms with Crippen LogP contribution < -0.4 is 14.2 Å². The molecule has 0 amide bonds. The van der Waals surface area contributed by atoms with E-state index in [1.807, 2.05) is 60.7 Å². The van der Waals surface area contributed by atoms with Crippen molar-refractivity contribution in [1.29, 1.82) is 0 Å². The van der Waals surface area contributed by atoms with Crippen LogP contribution in [0, 0.1) is 0 Å². The van der Waals surface area contributed by atoms with Gasteiger partial charge in [-0.05, 0) is 54.6 Å². The molecule has 0 saturated carbocycles. The lowest BCUT2D eigenvalue weighted by atomic mass is 10.1. The van der Waals surface area contributed by atoms with E-state index in [0.29, 0.717) is 23.0 Å². The van der Waals surface area contributed by atoms with E-state index in [9.17, 15) is 10.2 Å². The fourth-order valence-electron chi connectivity index (χ4n) is 4.33. The van der Waals surface area contributed by atoms with Gasteiger partial charge in [0.15, 0.2) is 11.5 Å². The molecule has 0 saturated heterocycles. The summed E-state index contributed by atoms with van der Waals surface area (Å²) < 4.78 is 18.2. The predicted octanol–water partition coefficient (Wildman–Crippen LogP) is 8.05. The molecule has 2 atom stereocenters. The zero-order valence-corrected chi connectivity index (χ0v) is 22.5. The van der Waals surface area contributed by atoms with Crippen LogP contribution in [0.4, 0.5) is 0 Å². The van der Waals surface area contributed by atoms with Gasteiger partial charge < -0.3 is 24.4 Å². The van der Waals surface area contributed by atoms with E-state index in [1.54, 1.807) is 0 Å². The molecule has 202 valence electrons. The number of aliphatic hydroxyl groups excluding tert-OH is 2. The standard InChI is InChI=1S/C32H44O5/c1-3-5-7-10-14-26(33)23-35-29-19-20-30-25(22-29)18-21-31(32(30)37-28-16-12-9-13-17-28)36-24-27(34)15-11-8-6-4-2/h9,12-13,16-22,26-27,33-34H,3-8,10-11,14-15,23-24H2,1-2H3. The SMILES string of the molecule is CCCCCCC(O)COc1ccc2c(Oc3ccccc3)c(OCC(O)CCCCCC)ccc2c1. The number of unbranched alkanes of at least 4 members (excludes halogenated alkanes) is 6. The van der Waals surface area contributed by atoms with Gasteiger partial charge in [-0.1, -0.05) is 89.5 Å². The topological polar surface area (TPSA) is 68.2 Å². The number of ether oxygens (including phenoxy) is 3. The first-order valence-corrected chi connectivity index (χ1v) is 14.0. The Balaban J connectivity index is 1.70. The fourth-order valence-corrected chi connectivity index (χ4v) is 4.33. The number of hydrogen-bond acceptors (Lipinski definition) is 5. The smallest absolute Gasteiger partial charge is 0.177 e. The maximum Gasteiger partial charge on any atom is 0.177 e. The molecule has 0 bridgehead atoms. The van der Waals surface area contributed by atoms with Gasteiger partial charge in [0.1, 0.15) is 24.7 Å². The van der Waals surface area contributed by atoms with Crippen molar-refractivity contribution in [3.63, 3.8) is 0 Å². The highest BCUT2D eigenvalue weighted by atomic mass is 16.5. The molecule has 37 heavy (non-hydrogen) atoms. The average Bonchev–Trinajstić information content (AvgIpc) is 2.92. The van der Waals surface area contributed by atoms with Crippen molar-refractivity contribution in [3.8, 4) is 23.0 Å². The summed E-state index contributed by atoms with van der Waals surface area (Å²) >= 11 is 0. The Hall–Kier alpha value is -2.76. The van der Waals surface area contributed by atoms with Crippen LogP contribution in [-0.4, -0.2) is 35.6 Å². The lowest BCUT2D eigenvalue weighted by molar-refractivity contribution is 0.0963. The van der Waals surface area contributed by atoms with Crippen LogP contribution in [0.3, 0.4) is 0 Å². The van der Waals surface area contributed by atoms with Crippen molar-refractivity contribution >= 4 is 10.8 Å². The Labute approximate surface area is 222 Å². The maximum atomic E-state index is 10.4. The van der Waals surface area contributed by atoms with Crippen molar-refractivity contribution in [1.82, 2.24) is 0 Å². The summed E-state index contributed by atoms with van der Waals surface area (Å²) in [5, 5.41) is 22.5. The Kier molecular flexibility index (Phi) is 12.6. The fraction of sp³-hybridized carbons (Fsp3) is 0.500. The zero-order chi connectivity index (χ0) is 26.3. The van der Waals surface area contributed by atoms with E-state index in [2.05, 4.69) is 13.8 Å². The Morgan fingerprint density at radius 3 is 1.95 bits per heavy atom. The van der Waals surface area contributed by atoms with Crippen molar-refractivity contribution in [2.45, 2.75) is 90.3 Å². The molecule has 3 aromatic carbocycles. The van der Waals surface area contributed by atoms with Crippen LogP contribution in [0.2, 0.25) is 0 Å². The van der Waals surface area contributed by atoms with Gasteiger partial charge in [-0.25, -0.2) is 0 Å². The number of rotatable bonds is 18. The van der Waals surface area contributed by atoms with E-state index in [-0.39, 0.29) is 13.2 Å². The van der Waals surface area contributed by atoms with Crippen molar-refractivity contribution < 1.29 is 24.4 Å². The molecule has 3 rings (SSSR count). The van der Waals surface area contributed by atoms with Gasteiger partial charge in [0.2, 0.25) is 0 Å². The molecular weight excluding hydrogens is 464 g/mol. The minimum absolute atomic E-state index is 0.222. The first kappa shape index (κ1) is 28.8. The molecule has 0 spiro atoms. The molecule has 3 aromatic rings. The number of hydrogen-bond donors (Lipinski definition) is 2. The minimum atomic E-state index is -0.513. The summed E-state index contributed by atoms with van der Waals surface area (Å²) in [5.41, 5.74) is 0. The lowest BCUT2D eigenvalue weighted by Crippen LogP contribution is -2.17. The molecule has 5 heteroatoms. The largest absolute Gasteiger partial charge is 0.491 e. The monoisotopic (exact) mass is 508 g/mol. The predicted molar refractivity (Wildman–Crippen MR) is 151 cm³/mol. The molecule has 0 aliphatic carbocycles. The van der Waals surface area contributed by atoms with Gasteiger partial charge in [0.05, 0.1) is 12.2 Å². The van der Waals surface area contributed by atoms with E-state index < -0.39 is 12.2 Å². The second-order valence-electron chi connectivity index (χ2n) is 9.82. The highest BCUT2D eigenvalue weighted by Crippen LogP contribution is 2.40. The Morgan fingerprint density at radius 2 is 1.30 bits per heavy atom. The van der Waals surface area contributed by atoms with Crippen LogP contribution in [0.1, 0.15) is 78.1 Å². The van der Waals surface area contributed by atoms with Crippen molar-refractivity contribution in [2.75, 3.05) is 13.2 Å². The third-order valence-electron chi connectivity index (χ3n) is 6.52. The lowest BCUT2D eigenvalue weighted by Gasteiger charge is -2.18. The molecule has 0 aromatic heterocycles. The number of benzene rings is 3. The van der Waals surface area contributed by atoms with Crippen LogP contribution in [0.25, 0.3) is 10.8 Å². The molecule has 2 N–H and O–H groups in total. The highest BCUT2D eigenvalue weighted by molar-refractivity contribution is 5.92. The first-order valence-electron chi connectivity index (χ1n) is 14.0. The van der Waals surface area contributed by atoms with E-state index >= 15 is 0 Å². The van der Waals surface area contributed by atoms with Gasteiger partial charge in [-0.15, -0.1) is 0 Å². The number of aliphatic hydroxyl groups is 2. The molecule has 0 fully saturated rings. The second kappa shape index (κ2) is 16.2. The summed E-state index contributed by atoms with van der Waals surface area (Å²) in [6.07, 6.45) is 9.57. The Morgan fingerprint density at radius 1 is 0.649 bits per heavy atom. The summed E-state index contributed by atoms with van der Waals surface area (Å²) in [6.45, 7) is 4.87. The first-order chi connectivity index (χ1) is 18.1. The third-order valence-corrected chi connectivity index (χ3v) is 6.52. The zero-order valence-electron chi connectivity index (χ0n) is 22.5. The normalized spacial score (nSPS) is 12.9. The van der Waals surface area contributed by atoms with Gasteiger partial charge in [-0.3, -0.25) is 0 Å². The van der Waals surface area contributed by atoms with Crippen LogP contribution >= 0.6 is 0 Å². The third kappa shape index (κ3) is 9.90. The Bertz CT molecular complexity index is 1040. The summed E-state index contributed by atoms with van der Waals surface area (Å²) in [4.78, 5) is 0. The molecule has 0 heterocycles. The summed E-state index contributed by atoms with van der Waals surface area (Å²) in [6, 6.07) is 19.3. The summed E-state index contributed by atoms with van der Waals surface area (Å²) in [5.74, 6) is 2.64. The highest BCUT2D eigenvalue weighted by Gasteiger charge is 2.15. The molecule has 5 nitrogen and oxygen atoms in total. The van der Waals surface area contributed by atoms with Crippen LogP contribution in [0.5, 0.6) is 23.0 Å². The van der Waals surface area contributed by atoms with Gasteiger partial charge in [0.25, 0.3) is 0 Å². The van der Waals surface area contributed by atoms with Gasteiger partial charge in [0, 0.05) is 5.39 Å². The minimum Gasteiger partial charge on any atom is -0.491 e. The number of fused-ring (bicyclic) bond motifs is 1. The maximum absolute atomic E-state index is 10.4. The summed E-state index contributed by atoms with van der Waals surface area (Å²) in [7, 11) is 0. The van der Waals surface area contributed by atoms with Crippen LogP contribution in [-0.2, 0) is 0 Å². The molecule has 0 radical (unpaired) electrons. The average molecular weight is 509 g/mol. The van der Waals surface area contributed by atoms with E-state index in [0.717, 1.165) is 49.3 Å². The van der Waals surface area contributed by atoms with Crippen molar-refractivity contribution in [3.05, 3.63) is 60.7 Å². The second-order valence-corrected chi connectivity index (χ2v) is 9.82. The van der Waals surface area contributed by atoms with Crippen LogP contribution in [0.15, 0.2) is 60.7 Å².